The Morgan fingerprint density at radius 1 is 1.41 bits per heavy atom. The number of thiazole rings is 1. The van der Waals surface area contributed by atoms with Crippen molar-refractivity contribution in [3.05, 3.63) is 11.1 Å². The largest absolute Gasteiger partial charge is 0.313 e. The average Bonchev–Trinajstić information content (AvgIpc) is 2.73. The summed E-state index contributed by atoms with van der Waals surface area (Å²) >= 11 is 3.64. The lowest BCUT2D eigenvalue weighted by molar-refractivity contribution is 0.312. The van der Waals surface area contributed by atoms with E-state index in [1.165, 1.54) is 30.0 Å². The van der Waals surface area contributed by atoms with E-state index in [2.05, 4.69) is 29.5 Å². The minimum Gasteiger partial charge on any atom is -0.313 e. The molecule has 0 saturated heterocycles. The van der Waals surface area contributed by atoms with Crippen LogP contribution in [0.2, 0.25) is 0 Å². The van der Waals surface area contributed by atoms with Gasteiger partial charge in [-0.2, -0.15) is 0 Å². The normalized spacial score (nSPS) is 25.1. The van der Waals surface area contributed by atoms with Gasteiger partial charge in [-0.05, 0) is 38.5 Å². The molecular weight excluding hydrogens is 248 g/mol. The third kappa shape index (κ3) is 4.60. The van der Waals surface area contributed by atoms with E-state index in [9.17, 15) is 0 Å². The number of rotatable bonds is 5. The van der Waals surface area contributed by atoms with Crippen LogP contribution >= 0.6 is 23.1 Å². The lowest BCUT2D eigenvalue weighted by Crippen LogP contribution is -2.34. The van der Waals surface area contributed by atoms with Crippen LogP contribution in [0.3, 0.4) is 0 Å². The highest BCUT2D eigenvalue weighted by Gasteiger charge is 2.17. The molecule has 0 aromatic carbocycles. The minimum atomic E-state index is 0.768. The molecule has 0 spiro atoms. The van der Waals surface area contributed by atoms with Gasteiger partial charge < -0.3 is 5.32 Å². The van der Waals surface area contributed by atoms with Gasteiger partial charge in [-0.25, -0.2) is 4.98 Å². The molecule has 0 amide bonds. The van der Waals surface area contributed by atoms with Crippen molar-refractivity contribution < 1.29 is 0 Å². The molecule has 2 rings (SSSR count). The number of hydrogen-bond acceptors (Lipinski definition) is 4. The molecule has 1 fully saturated rings. The Morgan fingerprint density at radius 2 is 2.18 bits per heavy atom. The molecule has 1 aromatic heterocycles. The number of nitrogens with one attached hydrogen (secondary N) is 1. The second-order valence-electron chi connectivity index (χ2n) is 5.01. The molecule has 1 heterocycles. The molecule has 0 atom stereocenters. The SMILES string of the molecule is Cc1csc(SCCNC2CCC(C)CC2)n1. The van der Waals surface area contributed by atoms with Crippen molar-refractivity contribution in [3.63, 3.8) is 0 Å². The van der Waals surface area contributed by atoms with Gasteiger partial charge in [0, 0.05) is 29.4 Å². The fourth-order valence-electron chi connectivity index (χ4n) is 2.26. The van der Waals surface area contributed by atoms with E-state index < -0.39 is 0 Å². The highest BCUT2D eigenvalue weighted by atomic mass is 32.2. The zero-order valence-corrected chi connectivity index (χ0v) is 12.4. The molecular formula is C13H22N2S2. The van der Waals surface area contributed by atoms with Gasteiger partial charge in [0.1, 0.15) is 4.34 Å². The van der Waals surface area contributed by atoms with Gasteiger partial charge in [0.2, 0.25) is 0 Å². The van der Waals surface area contributed by atoms with Crippen LogP contribution in [-0.4, -0.2) is 23.3 Å². The second kappa shape index (κ2) is 6.76. The Morgan fingerprint density at radius 3 is 2.82 bits per heavy atom. The maximum Gasteiger partial charge on any atom is 0.150 e. The summed E-state index contributed by atoms with van der Waals surface area (Å²) in [5, 5.41) is 5.80. The quantitative estimate of drug-likeness (QED) is 0.652. The van der Waals surface area contributed by atoms with Gasteiger partial charge in [-0.3, -0.25) is 0 Å². The molecule has 0 unspecified atom stereocenters. The van der Waals surface area contributed by atoms with Crippen LogP contribution in [-0.2, 0) is 0 Å². The lowest BCUT2D eigenvalue weighted by atomic mass is 9.87. The van der Waals surface area contributed by atoms with E-state index in [1.807, 2.05) is 11.8 Å². The molecule has 96 valence electrons. The van der Waals surface area contributed by atoms with Crippen molar-refractivity contribution in [1.29, 1.82) is 0 Å². The first kappa shape index (κ1) is 13.4. The van der Waals surface area contributed by atoms with Crippen LogP contribution in [0.25, 0.3) is 0 Å². The molecule has 0 aliphatic heterocycles. The summed E-state index contributed by atoms with van der Waals surface area (Å²) < 4.78 is 1.21. The Kier molecular flexibility index (Phi) is 5.32. The van der Waals surface area contributed by atoms with Crippen molar-refractivity contribution in [2.24, 2.45) is 5.92 Å². The zero-order chi connectivity index (χ0) is 12.1. The van der Waals surface area contributed by atoms with Crippen LogP contribution in [0.15, 0.2) is 9.72 Å². The van der Waals surface area contributed by atoms with E-state index in [-0.39, 0.29) is 0 Å². The smallest absolute Gasteiger partial charge is 0.150 e. The van der Waals surface area contributed by atoms with Crippen molar-refractivity contribution in [1.82, 2.24) is 10.3 Å². The van der Waals surface area contributed by atoms with Gasteiger partial charge in [0.15, 0.2) is 0 Å². The molecule has 4 heteroatoms. The summed E-state index contributed by atoms with van der Waals surface area (Å²) in [4.78, 5) is 4.46. The maximum atomic E-state index is 4.46. The number of nitrogens with zero attached hydrogens (tertiary/aromatic N) is 1. The third-order valence-electron chi connectivity index (χ3n) is 3.37. The first-order valence-electron chi connectivity index (χ1n) is 6.52. The van der Waals surface area contributed by atoms with E-state index >= 15 is 0 Å². The fourth-order valence-corrected chi connectivity index (χ4v) is 4.05. The molecule has 1 saturated carbocycles. The average molecular weight is 270 g/mol. The number of hydrogen-bond donors (Lipinski definition) is 1. The molecule has 0 radical (unpaired) electrons. The fraction of sp³-hybridized carbons (Fsp3) is 0.769. The topological polar surface area (TPSA) is 24.9 Å². The van der Waals surface area contributed by atoms with E-state index in [1.54, 1.807) is 11.3 Å². The summed E-state index contributed by atoms with van der Waals surface area (Å²) in [7, 11) is 0. The van der Waals surface area contributed by atoms with Crippen molar-refractivity contribution in [2.75, 3.05) is 12.3 Å². The highest BCUT2D eigenvalue weighted by molar-refractivity contribution is 8.01. The van der Waals surface area contributed by atoms with Gasteiger partial charge >= 0.3 is 0 Å². The number of aryl methyl sites for hydroxylation is 1. The second-order valence-corrected chi connectivity index (χ2v) is 7.21. The molecule has 1 N–H and O–H groups in total. The van der Waals surface area contributed by atoms with Crippen LogP contribution in [0.1, 0.15) is 38.3 Å². The summed E-state index contributed by atoms with van der Waals surface area (Å²) in [6.07, 6.45) is 5.53. The van der Waals surface area contributed by atoms with Crippen molar-refractivity contribution in [3.8, 4) is 0 Å². The Labute approximate surface area is 113 Å². The molecule has 2 nitrogen and oxygen atoms in total. The van der Waals surface area contributed by atoms with Crippen molar-refractivity contribution >= 4 is 23.1 Å². The first-order valence-corrected chi connectivity index (χ1v) is 8.39. The number of thioether (sulfide) groups is 1. The standard InChI is InChI=1S/C13H22N2S2/c1-10-3-5-12(6-4-10)14-7-8-16-13-15-11(2)9-17-13/h9-10,12,14H,3-8H2,1-2H3. The molecule has 0 bridgehead atoms. The minimum absolute atomic E-state index is 0.768. The van der Waals surface area contributed by atoms with Gasteiger partial charge in [0.05, 0.1) is 0 Å². The van der Waals surface area contributed by atoms with Crippen LogP contribution in [0, 0.1) is 12.8 Å². The van der Waals surface area contributed by atoms with E-state index in [4.69, 9.17) is 0 Å². The van der Waals surface area contributed by atoms with Crippen LogP contribution in [0.4, 0.5) is 0 Å². The predicted molar refractivity (Wildman–Crippen MR) is 77.0 cm³/mol. The van der Waals surface area contributed by atoms with Gasteiger partial charge in [-0.15, -0.1) is 11.3 Å². The summed E-state index contributed by atoms with van der Waals surface area (Å²) in [6.45, 7) is 5.54. The maximum absolute atomic E-state index is 4.46. The Balaban J connectivity index is 1.57. The molecule has 1 aromatic rings. The molecule has 1 aliphatic rings. The van der Waals surface area contributed by atoms with Gasteiger partial charge in [0.25, 0.3) is 0 Å². The Bertz CT molecular complexity index is 330. The Hall–Kier alpha value is -0.0600. The van der Waals surface area contributed by atoms with E-state index in [0.29, 0.717) is 0 Å². The number of aromatic nitrogens is 1. The lowest BCUT2D eigenvalue weighted by Gasteiger charge is -2.26. The monoisotopic (exact) mass is 270 g/mol. The van der Waals surface area contributed by atoms with Crippen molar-refractivity contribution in [2.45, 2.75) is 49.9 Å². The van der Waals surface area contributed by atoms with E-state index in [0.717, 1.165) is 30.0 Å². The van der Waals surface area contributed by atoms with Crippen LogP contribution in [0.5, 0.6) is 0 Å². The van der Waals surface area contributed by atoms with Crippen LogP contribution < -0.4 is 5.32 Å². The summed E-state index contributed by atoms with van der Waals surface area (Å²) in [6, 6.07) is 0.768. The summed E-state index contributed by atoms with van der Waals surface area (Å²) in [5.74, 6) is 2.08. The van der Waals surface area contributed by atoms with Gasteiger partial charge in [-0.1, -0.05) is 18.7 Å². The summed E-state index contributed by atoms with van der Waals surface area (Å²) in [5.41, 5.74) is 1.15. The highest BCUT2D eigenvalue weighted by Crippen LogP contribution is 2.24. The molecule has 17 heavy (non-hydrogen) atoms. The predicted octanol–water partition coefficient (Wildman–Crippen LogP) is 3.71. The third-order valence-corrected chi connectivity index (χ3v) is 5.52. The first-order chi connectivity index (χ1) is 8.24. The zero-order valence-electron chi connectivity index (χ0n) is 10.7. The molecule has 1 aliphatic carbocycles.